The molecule has 0 atom stereocenters. The molecule has 1 spiro atoms. The van der Waals surface area contributed by atoms with Crippen LogP contribution >= 0.6 is 0 Å². The summed E-state index contributed by atoms with van der Waals surface area (Å²) in [5, 5.41) is 3.02. The van der Waals surface area contributed by atoms with Crippen molar-refractivity contribution in [3.63, 3.8) is 0 Å². The number of rotatable bonds is 3. The molecule has 3 amide bonds. The highest BCUT2D eigenvalue weighted by molar-refractivity contribution is 6.07. The number of nitrogens with zero attached hydrogens (tertiary/aromatic N) is 2. The zero-order valence-corrected chi connectivity index (χ0v) is 14.2. The molecule has 0 unspecified atom stereocenters. The van der Waals surface area contributed by atoms with Gasteiger partial charge in [0.25, 0.3) is 5.91 Å². The summed E-state index contributed by atoms with van der Waals surface area (Å²) in [5.41, 5.74) is -0.999. The van der Waals surface area contributed by atoms with Gasteiger partial charge in [0.15, 0.2) is 0 Å². The van der Waals surface area contributed by atoms with Gasteiger partial charge < -0.3 is 5.32 Å². The molecular formula is C16H29N3O2. The Bertz CT molecular complexity index is 438. The number of unbranched alkanes of at least 4 members (excludes halogenated alkanes) is 1. The minimum absolute atomic E-state index is 0.0322. The van der Waals surface area contributed by atoms with Gasteiger partial charge in [0.05, 0.1) is 0 Å². The minimum Gasteiger partial charge on any atom is -0.323 e. The van der Waals surface area contributed by atoms with E-state index in [1.54, 1.807) is 0 Å². The third-order valence-corrected chi connectivity index (χ3v) is 5.27. The highest BCUT2D eigenvalue weighted by Crippen LogP contribution is 2.44. The van der Waals surface area contributed by atoms with Crippen LogP contribution in [0.2, 0.25) is 0 Å². The SMILES string of the molecule is CCCCN1C(=O)NC2(CC(C)(C)N(C)C(C)(C)C2)C1=O. The van der Waals surface area contributed by atoms with Crippen LogP contribution in [0.25, 0.3) is 0 Å². The molecule has 2 aliphatic heterocycles. The van der Waals surface area contributed by atoms with Crippen LogP contribution in [-0.4, -0.2) is 51.9 Å². The second kappa shape index (κ2) is 4.97. The van der Waals surface area contributed by atoms with Crippen molar-refractivity contribution in [2.45, 2.75) is 76.9 Å². The fourth-order valence-electron chi connectivity index (χ4n) is 4.03. The molecule has 5 nitrogen and oxygen atoms in total. The Balaban J connectivity index is 2.31. The number of carbonyl (C=O) groups is 2. The molecule has 0 radical (unpaired) electrons. The normalized spacial score (nSPS) is 27.2. The third kappa shape index (κ3) is 2.56. The average molecular weight is 295 g/mol. The van der Waals surface area contributed by atoms with E-state index in [0.717, 1.165) is 12.8 Å². The Morgan fingerprint density at radius 1 is 1.10 bits per heavy atom. The van der Waals surface area contributed by atoms with Crippen LogP contribution < -0.4 is 5.32 Å². The summed E-state index contributed by atoms with van der Waals surface area (Å²) in [6, 6.07) is -0.218. The van der Waals surface area contributed by atoms with Gasteiger partial charge in [-0.1, -0.05) is 13.3 Å². The van der Waals surface area contributed by atoms with Crippen molar-refractivity contribution in [2.24, 2.45) is 0 Å². The van der Waals surface area contributed by atoms with E-state index in [9.17, 15) is 9.59 Å². The molecule has 0 bridgehead atoms. The first-order chi connectivity index (χ1) is 9.56. The Morgan fingerprint density at radius 3 is 2.10 bits per heavy atom. The molecule has 0 aromatic heterocycles. The number of urea groups is 1. The molecule has 0 aliphatic carbocycles. The quantitative estimate of drug-likeness (QED) is 0.813. The first kappa shape index (κ1) is 16.3. The summed E-state index contributed by atoms with van der Waals surface area (Å²) in [6.07, 6.45) is 3.16. The molecule has 120 valence electrons. The lowest BCUT2D eigenvalue weighted by Gasteiger charge is -2.56. The summed E-state index contributed by atoms with van der Waals surface area (Å²) >= 11 is 0. The van der Waals surface area contributed by atoms with Crippen molar-refractivity contribution in [1.82, 2.24) is 15.1 Å². The molecule has 2 saturated heterocycles. The Labute approximate surface area is 128 Å². The van der Waals surface area contributed by atoms with E-state index in [2.05, 4.69) is 51.9 Å². The predicted octanol–water partition coefficient (Wildman–Crippen LogP) is 2.36. The van der Waals surface area contributed by atoms with E-state index in [1.165, 1.54) is 4.90 Å². The first-order valence-corrected chi connectivity index (χ1v) is 7.94. The monoisotopic (exact) mass is 295 g/mol. The van der Waals surface area contributed by atoms with Gasteiger partial charge in [-0.15, -0.1) is 0 Å². The van der Waals surface area contributed by atoms with Gasteiger partial charge in [-0.25, -0.2) is 4.79 Å². The van der Waals surface area contributed by atoms with Gasteiger partial charge in [0.2, 0.25) is 0 Å². The highest BCUT2D eigenvalue weighted by atomic mass is 16.2. The molecule has 2 fully saturated rings. The molecule has 21 heavy (non-hydrogen) atoms. The van der Waals surface area contributed by atoms with Crippen molar-refractivity contribution >= 4 is 11.9 Å². The molecule has 2 heterocycles. The van der Waals surface area contributed by atoms with Gasteiger partial charge in [-0.3, -0.25) is 14.6 Å². The summed E-state index contributed by atoms with van der Waals surface area (Å²) in [6.45, 7) is 11.2. The largest absolute Gasteiger partial charge is 0.325 e. The second-order valence-electron chi connectivity index (χ2n) is 7.86. The highest BCUT2D eigenvalue weighted by Gasteiger charge is 2.60. The molecule has 2 rings (SSSR count). The van der Waals surface area contributed by atoms with Crippen molar-refractivity contribution < 1.29 is 9.59 Å². The molecule has 0 saturated carbocycles. The Kier molecular flexibility index (Phi) is 3.85. The Hall–Kier alpha value is -1.10. The number of imide groups is 1. The molecular weight excluding hydrogens is 266 g/mol. The van der Waals surface area contributed by atoms with Crippen molar-refractivity contribution in [3.05, 3.63) is 0 Å². The Morgan fingerprint density at radius 2 is 1.62 bits per heavy atom. The maximum absolute atomic E-state index is 12.9. The molecule has 1 N–H and O–H groups in total. The lowest BCUT2D eigenvalue weighted by Crippen LogP contribution is -2.68. The molecule has 2 aliphatic rings. The van der Waals surface area contributed by atoms with Crippen LogP contribution in [0.15, 0.2) is 0 Å². The predicted molar refractivity (Wildman–Crippen MR) is 83.0 cm³/mol. The molecule has 5 heteroatoms. The summed E-state index contributed by atoms with van der Waals surface area (Å²) < 4.78 is 0. The topological polar surface area (TPSA) is 52.7 Å². The van der Waals surface area contributed by atoms with Gasteiger partial charge in [0.1, 0.15) is 5.54 Å². The zero-order chi connectivity index (χ0) is 16.1. The number of nitrogens with one attached hydrogen (secondary N) is 1. The third-order valence-electron chi connectivity index (χ3n) is 5.27. The number of piperidine rings is 1. The van der Waals surface area contributed by atoms with Crippen LogP contribution in [0, 0.1) is 0 Å². The van der Waals surface area contributed by atoms with Crippen LogP contribution in [0.3, 0.4) is 0 Å². The van der Waals surface area contributed by atoms with Gasteiger partial charge in [0, 0.05) is 17.6 Å². The van der Waals surface area contributed by atoms with Crippen molar-refractivity contribution in [2.75, 3.05) is 13.6 Å². The lowest BCUT2D eigenvalue weighted by atomic mass is 9.69. The minimum atomic E-state index is -0.732. The summed E-state index contributed by atoms with van der Waals surface area (Å²) in [5.74, 6) is -0.0322. The van der Waals surface area contributed by atoms with Crippen LogP contribution in [0.5, 0.6) is 0 Å². The van der Waals surface area contributed by atoms with E-state index in [4.69, 9.17) is 0 Å². The van der Waals surface area contributed by atoms with E-state index in [1.807, 2.05) is 0 Å². The standard InChI is InChI=1S/C16H29N3O2/c1-7-8-9-19-12(20)16(17-13(19)21)10-14(2,3)18(6)15(4,5)11-16/h7-11H2,1-6H3,(H,17,21). The van der Waals surface area contributed by atoms with Crippen LogP contribution in [0.4, 0.5) is 4.79 Å². The van der Waals surface area contributed by atoms with Gasteiger partial charge >= 0.3 is 6.03 Å². The van der Waals surface area contributed by atoms with Gasteiger partial charge in [-0.2, -0.15) is 0 Å². The lowest BCUT2D eigenvalue weighted by molar-refractivity contribution is -0.139. The van der Waals surface area contributed by atoms with E-state index in [-0.39, 0.29) is 23.0 Å². The van der Waals surface area contributed by atoms with E-state index in [0.29, 0.717) is 19.4 Å². The van der Waals surface area contributed by atoms with Crippen molar-refractivity contribution in [1.29, 1.82) is 0 Å². The fourth-order valence-corrected chi connectivity index (χ4v) is 4.03. The summed E-state index contributed by atoms with van der Waals surface area (Å²) in [7, 11) is 2.10. The number of amides is 3. The number of hydrogen-bond donors (Lipinski definition) is 1. The molecule has 0 aromatic carbocycles. The zero-order valence-electron chi connectivity index (χ0n) is 14.2. The molecule has 0 aromatic rings. The maximum Gasteiger partial charge on any atom is 0.325 e. The summed E-state index contributed by atoms with van der Waals surface area (Å²) in [4.78, 5) is 28.9. The average Bonchev–Trinajstić information content (AvgIpc) is 2.55. The van der Waals surface area contributed by atoms with Crippen LogP contribution in [0.1, 0.15) is 60.3 Å². The van der Waals surface area contributed by atoms with E-state index < -0.39 is 5.54 Å². The number of carbonyl (C=O) groups excluding carboxylic acids is 2. The maximum atomic E-state index is 12.9. The van der Waals surface area contributed by atoms with Gasteiger partial charge in [-0.05, 0) is 54.0 Å². The fraction of sp³-hybridized carbons (Fsp3) is 0.875. The first-order valence-electron chi connectivity index (χ1n) is 7.94. The number of hydrogen-bond acceptors (Lipinski definition) is 3. The second-order valence-corrected chi connectivity index (χ2v) is 7.86. The van der Waals surface area contributed by atoms with E-state index >= 15 is 0 Å². The van der Waals surface area contributed by atoms with Crippen molar-refractivity contribution in [3.8, 4) is 0 Å². The number of likely N-dealkylation sites (tertiary alicyclic amines) is 1. The smallest absolute Gasteiger partial charge is 0.323 e. The van der Waals surface area contributed by atoms with Crippen LogP contribution in [-0.2, 0) is 4.79 Å².